The second-order valence-electron chi connectivity index (χ2n) is 4.86. The van der Waals surface area contributed by atoms with E-state index in [4.69, 9.17) is 4.74 Å². The van der Waals surface area contributed by atoms with Crippen LogP contribution in [0.3, 0.4) is 0 Å². The SMILES string of the molecule is CC(=O)O[C@@H]1C[C@H](C)C(=O)C[C@H]1C(C)C. The zero-order chi connectivity index (χ0) is 11.6. The minimum Gasteiger partial charge on any atom is -0.462 e. The first-order valence-electron chi connectivity index (χ1n) is 5.61. The molecule has 3 nitrogen and oxygen atoms in total. The Morgan fingerprint density at radius 3 is 2.53 bits per heavy atom. The molecule has 15 heavy (non-hydrogen) atoms. The van der Waals surface area contributed by atoms with E-state index in [9.17, 15) is 9.59 Å². The predicted molar refractivity (Wildman–Crippen MR) is 57.3 cm³/mol. The van der Waals surface area contributed by atoms with Gasteiger partial charge in [0.1, 0.15) is 11.9 Å². The van der Waals surface area contributed by atoms with Gasteiger partial charge in [0.2, 0.25) is 0 Å². The quantitative estimate of drug-likeness (QED) is 0.659. The number of hydrogen-bond donors (Lipinski definition) is 0. The fourth-order valence-corrected chi connectivity index (χ4v) is 2.23. The van der Waals surface area contributed by atoms with Crippen molar-refractivity contribution < 1.29 is 14.3 Å². The summed E-state index contributed by atoms with van der Waals surface area (Å²) in [7, 11) is 0. The Kier molecular flexibility index (Phi) is 3.89. The molecule has 1 saturated carbocycles. The highest BCUT2D eigenvalue weighted by molar-refractivity contribution is 5.82. The maximum atomic E-state index is 11.6. The maximum absolute atomic E-state index is 11.6. The van der Waals surface area contributed by atoms with E-state index in [0.717, 1.165) is 0 Å². The van der Waals surface area contributed by atoms with Crippen molar-refractivity contribution in [2.45, 2.75) is 46.6 Å². The molecule has 0 bridgehead atoms. The van der Waals surface area contributed by atoms with Gasteiger partial charge in [-0.05, 0) is 12.3 Å². The summed E-state index contributed by atoms with van der Waals surface area (Å²) in [5.74, 6) is 0.664. The first kappa shape index (κ1) is 12.2. The highest BCUT2D eigenvalue weighted by Gasteiger charge is 2.37. The van der Waals surface area contributed by atoms with Crippen LogP contribution in [0.5, 0.6) is 0 Å². The molecule has 0 aliphatic heterocycles. The van der Waals surface area contributed by atoms with Crippen LogP contribution < -0.4 is 0 Å². The third-order valence-corrected chi connectivity index (χ3v) is 3.22. The maximum Gasteiger partial charge on any atom is 0.302 e. The van der Waals surface area contributed by atoms with E-state index in [-0.39, 0.29) is 23.9 Å². The molecule has 0 saturated heterocycles. The van der Waals surface area contributed by atoms with E-state index in [1.807, 2.05) is 6.92 Å². The van der Waals surface area contributed by atoms with E-state index in [1.165, 1.54) is 6.92 Å². The largest absolute Gasteiger partial charge is 0.462 e. The van der Waals surface area contributed by atoms with Gasteiger partial charge < -0.3 is 4.74 Å². The van der Waals surface area contributed by atoms with Gasteiger partial charge in [-0.25, -0.2) is 0 Å². The number of rotatable bonds is 2. The molecule has 0 unspecified atom stereocenters. The van der Waals surface area contributed by atoms with Crippen LogP contribution in [-0.4, -0.2) is 17.9 Å². The lowest BCUT2D eigenvalue weighted by Gasteiger charge is -2.35. The van der Waals surface area contributed by atoms with Gasteiger partial charge in [-0.2, -0.15) is 0 Å². The number of Topliss-reactive ketones (excluding diaryl/α,β-unsaturated/α-hetero) is 1. The molecule has 3 heteroatoms. The van der Waals surface area contributed by atoms with Gasteiger partial charge >= 0.3 is 5.97 Å². The van der Waals surface area contributed by atoms with Crippen LogP contribution in [0.25, 0.3) is 0 Å². The molecule has 0 aromatic rings. The van der Waals surface area contributed by atoms with E-state index in [2.05, 4.69) is 13.8 Å². The summed E-state index contributed by atoms with van der Waals surface area (Å²) >= 11 is 0. The number of carbonyl (C=O) groups excluding carboxylic acids is 2. The van der Waals surface area contributed by atoms with Crippen molar-refractivity contribution in [3.63, 3.8) is 0 Å². The number of carbonyl (C=O) groups is 2. The molecule has 0 heterocycles. The topological polar surface area (TPSA) is 43.4 Å². The summed E-state index contributed by atoms with van der Waals surface area (Å²) in [5.41, 5.74) is 0. The van der Waals surface area contributed by atoms with Crippen LogP contribution in [0.1, 0.15) is 40.5 Å². The lowest BCUT2D eigenvalue weighted by molar-refractivity contribution is -0.156. The summed E-state index contributed by atoms with van der Waals surface area (Å²) in [5, 5.41) is 0. The van der Waals surface area contributed by atoms with Crippen LogP contribution in [-0.2, 0) is 14.3 Å². The Morgan fingerprint density at radius 1 is 1.47 bits per heavy atom. The molecule has 1 aliphatic rings. The standard InChI is InChI=1S/C12H20O3/c1-7(2)10-6-11(14)8(3)5-12(10)15-9(4)13/h7-8,10,12H,5-6H2,1-4H3/t8-,10-,12+/m0/s1. The van der Waals surface area contributed by atoms with E-state index < -0.39 is 0 Å². The normalized spacial score (nSPS) is 31.8. The molecule has 3 atom stereocenters. The van der Waals surface area contributed by atoms with Crippen molar-refractivity contribution in [1.29, 1.82) is 0 Å². The van der Waals surface area contributed by atoms with Crippen LogP contribution in [0, 0.1) is 17.8 Å². The molecule has 86 valence electrons. The zero-order valence-electron chi connectivity index (χ0n) is 9.95. The Bertz CT molecular complexity index is 258. The summed E-state index contributed by atoms with van der Waals surface area (Å²) in [6.45, 7) is 7.49. The van der Waals surface area contributed by atoms with Gasteiger partial charge in [0.25, 0.3) is 0 Å². The molecular formula is C12H20O3. The van der Waals surface area contributed by atoms with Crippen LogP contribution in [0.2, 0.25) is 0 Å². The molecule has 0 spiro atoms. The summed E-state index contributed by atoms with van der Waals surface area (Å²) in [4.78, 5) is 22.6. The zero-order valence-corrected chi connectivity index (χ0v) is 9.95. The molecule has 1 fully saturated rings. The van der Waals surface area contributed by atoms with Crippen molar-refractivity contribution in [1.82, 2.24) is 0 Å². The van der Waals surface area contributed by atoms with Gasteiger partial charge in [-0.1, -0.05) is 20.8 Å². The van der Waals surface area contributed by atoms with Gasteiger partial charge in [-0.15, -0.1) is 0 Å². The van der Waals surface area contributed by atoms with Crippen molar-refractivity contribution >= 4 is 11.8 Å². The third kappa shape index (κ3) is 3.05. The Morgan fingerprint density at radius 2 is 2.07 bits per heavy atom. The Balaban J connectivity index is 2.72. The Labute approximate surface area is 91.2 Å². The number of esters is 1. The third-order valence-electron chi connectivity index (χ3n) is 3.22. The molecule has 0 radical (unpaired) electrons. The predicted octanol–water partition coefficient (Wildman–Crippen LogP) is 2.19. The molecule has 1 rings (SSSR count). The van der Waals surface area contributed by atoms with Gasteiger partial charge in [0.05, 0.1) is 0 Å². The molecule has 0 amide bonds. The Hall–Kier alpha value is -0.860. The highest BCUT2D eigenvalue weighted by atomic mass is 16.5. The number of hydrogen-bond acceptors (Lipinski definition) is 3. The fourth-order valence-electron chi connectivity index (χ4n) is 2.23. The first-order valence-corrected chi connectivity index (χ1v) is 5.61. The van der Waals surface area contributed by atoms with Crippen molar-refractivity contribution in [2.24, 2.45) is 17.8 Å². The van der Waals surface area contributed by atoms with E-state index in [0.29, 0.717) is 24.5 Å². The number of ketones is 1. The first-order chi connectivity index (χ1) is 6.91. The second kappa shape index (κ2) is 4.77. The van der Waals surface area contributed by atoms with Crippen molar-refractivity contribution in [3.8, 4) is 0 Å². The fraction of sp³-hybridized carbons (Fsp3) is 0.833. The lowest BCUT2D eigenvalue weighted by Crippen LogP contribution is -2.39. The van der Waals surface area contributed by atoms with E-state index in [1.54, 1.807) is 0 Å². The van der Waals surface area contributed by atoms with Gasteiger partial charge in [0.15, 0.2) is 0 Å². The second-order valence-corrected chi connectivity index (χ2v) is 4.86. The smallest absolute Gasteiger partial charge is 0.302 e. The van der Waals surface area contributed by atoms with Gasteiger partial charge in [0, 0.05) is 25.2 Å². The van der Waals surface area contributed by atoms with Gasteiger partial charge in [-0.3, -0.25) is 9.59 Å². The molecular weight excluding hydrogens is 192 g/mol. The highest BCUT2D eigenvalue weighted by Crippen LogP contribution is 2.33. The van der Waals surface area contributed by atoms with E-state index >= 15 is 0 Å². The molecule has 0 aromatic carbocycles. The van der Waals surface area contributed by atoms with Crippen molar-refractivity contribution in [2.75, 3.05) is 0 Å². The minimum atomic E-state index is -0.243. The monoisotopic (exact) mass is 212 g/mol. The van der Waals surface area contributed by atoms with Crippen molar-refractivity contribution in [3.05, 3.63) is 0 Å². The summed E-state index contributed by atoms with van der Waals surface area (Å²) in [6.07, 6.45) is 1.16. The van der Waals surface area contributed by atoms with Crippen LogP contribution in [0.4, 0.5) is 0 Å². The minimum absolute atomic E-state index is 0.0318. The lowest BCUT2D eigenvalue weighted by atomic mass is 9.74. The molecule has 0 aromatic heterocycles. The molecule has 1 aliphatic carbocycles. The van der Waals surface area contributed by atoms with Crippen LogP contribution >= 0.6 is 0 Å². The van der Waals surface area contributed by atoms with Crippen LogP contribution in [0.15, 0.2) is 0 Å². The summed E-state index contributed by atoms with van der Waals surface area (Å²) in [6, 6.07) is 0. The average Bonchev–Trinajstić information content (AvgIpc) is 2.09. The average molecular weight is 212 g/mol. The number of ether oxygens (including phenoxy) is 1. The molecule has 0 N–H and O–H groups in total. The summed E-state index contributed by atoms with van der Waals surface area (Å²) < 4.78 is 5.29.